The third-order valence-corrected chi connectivity index (χ3v) is 7.16. The highest BCUT2D eigenvalue weighted by Gasteiger charge is 2.54. The number of morpholine rings is 1. The van der Waals surface area contributed by atoms with E-state index in [1.54, 1.807) is 12.4 Å². The second kappa shape index (κ2) is 9.43. The Morgan fingerprint density at radius 2 is 2.10 bits per heavy atom. The zero-order valence-electron chi connectivity index (χ0n) is 17.9. The van der Waals surface area contributed by atoms with Crippen molar-refractivity contribution in [3.8, 4) is 0 Å². The van der Waals surface area contributed by atoms with E-state index in [1.807, 2.05) is 24.0 Å². The smallest absolute Gasteiger partial charge is 0.314 e. The summed E-state index contributed by atoms with van der Waals surface area (Å²) in [5, 5.41) is 0. The van der Waals surface area contributed by atoms with Crippen LogP contribution in [0.4, 0.5) is 0 Å². The van der Waals surface area contributed by atoms with Gasteiger partial charge in [-0.25, -0.2) is 0 Å². The fraction of sp³-hybridized carbons (Fsp3) is 0.696. The number of likely N-dealkylation sites (tertiary alicyclic amines) is 1. The molecule has 0 unspecified atom stereocenters. The van der Waals surface area contributed by atoms with Gasteiger partial charge in [0.1, 0.15) is 0 Å². The summed E-state index contributed by atoms with van der Waals surface area (Å²) < 4.78 is 11.1. The van der Waals surface area contributed by atoms with Crippen LogP contribution in [0.3, 0.4) is 0 Å². The molecule has 30 heavy (non-hydrogen) atoms. The number of piperidine rings is 1. The monoisotopic (exact) mass is 415 g/mol. The SMILES string of the molecule is CCOC(=O)[C@@]12CC[C@@H](N3CCOCC3)C[C@H]1CCN(C(=O)Cc1cccnc1)C2. The van der Waals surface area contributed by atoms with E-state index in [9.17, 15) is 9.59 Å². The summed E-state index contributed by atoms with van der Waals surface area (Å²) in [4.78, 5) is 34.7. The highest BCUT2D eigenvalue weighted by molar-refractivity contribution is 5.82. The molecule has 7 nitrogen and oxygen atoms in total. The molecule has 0 radical (unpaired) electrons. The minimum absolute atomic E-state index is 0.0698. The van der Waals surface area contributed by atoms with Gasteiger partial charge in [0.2, 0.25) is 5.91 Å². The van der Waals surface area contributed by atoms with Crippen LogP contribution in [-0.4, -0.2) is 78.7 Å². The number of hydrogen-bond acceptors (Lipinski definition) is 6. The lowest BCUT2D eigenvalue weighted by atomic mass is 9.61. The standard InChI is InChI=1S/C23H33N3O4/c1-2-30-22(28)23-7-5-20(25-10-12-29-13-11-25)15-19(23)6-9-26(17-23)21(27)14-18-4-3-8-24-16-18/h3-4,8,16,19-20H,2,5-7,9-15,17H2,1H3/t19-,20-,23-/m1/s1. The van der Waals surface area contributed by atoms with Crippen molar-refractivity contribution in [1.82, 2.24) is 14.8 Å². The molecular formula is C23H33N3O4. The minimum Gasteiger partial charge on any atom is -0.466 e. The maximum Gasteiger partial charge on any atom is 0.314 e. The molecule has 2 aliphatic heterocycles. The van der Waals surface area contributed by atoms with Gasteiger partial charge in [-0.3, -0.25) is 19.5 Å². The molecule has 1 aromatic heterocycles. The van der Waals surface area contributed by atoms with Crippen molar-refractivity contribution in [2.75, 3.05) is 46.0 Å². The average molecular weight is 416 g/mol. The lowest BCUT2D eigenvalue weighted by Crippen LogP contribution is -2.59. The third-order valence-electron chi connectivity index (χ3n) is 7.16. The number of aromatic nitrogens is 1. The minimum atomic E-state index is -0.568. The van der Waals surface area contributed by atoms with E-state index >= 15 is 0 Å². The van der Waals surface area contributed by atoms with E-state index < -0.39 is 5.41 Å². The second-order valence-electron chi connectivity index (χ2n) is 8.79. The van der Waals surface area contributed by atoms with Crippen molar-refractivity contribution < 1.29 is 19.1 Å². The average Bonchev–Trinajstić information content (AvgIpc) is 2.79. The summed E-state index contributed by atoms with van der Waals surface area (Å²) in [7, 11) is 0. The molecular weight excluding hydrogens is 382 g/mol. The van der Waals surface area contributed by atoms with Gasteiger partial charge in [-0.1, -0.05) is 6.07 Å². The van der Waals surface area contributed by atoms with Crippen LogP contribution in [0.5, 0.6) is 0 Å². The number of amides is 1. The summed E-state index contributed by atoms with van der Waals surface area (Å²) in [5.41, 5.74) is 0.340. The molecule has 2 saturated heterocycles. The molecule has 3 fully saturated rings. The van der Waals surface area contributed by atoms with Gasteiger partial charge in [0, 0.05) is 44.6 Å². The first-order chi connectivity index (χ1) is 14.6. The zero-order valence-corrected chi connectivity index (χ0v) is 17.9. The molecule has 0 aromatic carbocycles. The Kier molecular flexibility index (Phi) is 6.68. The highest BCUT2D eigenvalue weighted by atomic mass is 16.5. The predicted molar refractivity (Wildman–Crippen MR) is 112 cm³/mol. The van der Waals surface area contributed by atoms with Crippen molar-refractivity contribution in [1.29, 1.82) is 0 Å². The van der Waals surface area contributed by atoms with Crippen LogP contribution in [0.25, 0.3) is 0 Å². The number of rotatable bonds is 5. The fourth-order valence-corrected chi connectivity index (χ4v) is 5.52. The molecule has 1 aliphatic carbocycles. The van der Waals surface area contributed by atoms with E-state index in [-0.39, 0.29) is 17.8 Å². The molecule has 0 bridgehead atoms. The summed E-state index contributed by atoms with van der Waals surface area (Å²) in [6.45, 7) is 6.95. The van der Waals surface area contributed by atoms with Crippen molar-refractivity contribution in [2.45, 2.75) is 45.1 Å². The van der Waals surface area contributed by atoms with Gasteiger partial charge in [0.15, 0.2) is 0 Å². The van der Waals surface area contributed by atoms with Gasteiger partial charge < -0.3 is 14.4 Å². The van der Waals surface area contributed by atoms with E-state index in [0.29, 0.717) is 32.2 Å². The van der Waals surface area contributed by atoms with Crippen molar-refractivity contribution in [2.24, 2.45) is 11.3 Å². The lowest BCUT2D eigenvalue weighted by Gasteiger charge is -2.52. The van der Waals surface area contributed by atoms with Crippen LogP contribution in [0.2, 0.25) is 0 Å². The van der Waals surface area contributed by atoms with Gasteiger partial charge >= 0.3 is 5.97 Å². The summed E-state index contributed by atoms with van der Waals surface area (Å²) >= 11 is 0. The van der Waals surface area contributed by atoms with E-state index in [1.165, 1.54) is 0 Å². The van der Waals surface area contributed by atoms with Crippen LogP contribution >= 0.6 is 0 Å². The van der Waals surface area contributed by atoms with Crippen LogP contribution in [0.1, 0.15) is 38.2 Å². The molecule has 164 valence electrons. The van der Waals surface area contributed by atoms with Gasteiger partial charge in [-0.15, -0.1) is 0 Å². The summed E-state index contributed by atoms with van der Waals surface area (Å²) in [5.74, 6) is 0.218. The van der Waals surface area contributed by atoms with Gasteiger partial charge in [0.05, 0.1) is 31.7 Å². The Labute approximate surface area is 178 Å². The van der Waals surface area contributed by atoms with Crippen LogP contribution in [0, 0.1) is 11.3 Å². The van der Waals surface area contributed by atoms with Gasteiger partial charge in [0.25, 0.3) is 0 Å². The van der Waals surface area contributed by atoms with E-state index in [2.05, 4.69) is 9.88 Å². The zero-order chi connectivity index (χ0) is 21.0. The first kappa shape index (κ1) is 21.2. The normalized spacial score (nSPS) is 29.8. The number of carbonyl (C=O) groups excluding carboxylic acids is 2. The molecule has 3 aliphatic rings. The molecule has 1 amide bonds. The highest BCUT2D eigenvalue weighted by Crippen LogP contribution is 2.48. The lowest BCUT2D eigenvalue weighted by molar-refractivity contribution is -0.171. The molecule has 1 saturated carbocycles. The summed E-state index contributed by atoms with van der Waals surface area (Å²) in [6, 6.07) is 4.27. The maximum absolute atomic E-state index is 13.2. The van der Waals surface area contributed by atoms with Crippen molar-refractivity contribution in [3.05, 3.63) is 30.1 Å². The van der Waals surface area contributed by atoms with Crippen molar-refractivity contribution >= 4 is 11.9 Å². The molecule has 1 aromatic rings. The number of nitrogens with zero attached hydrogens (tertiary/aromatic N) is 3. The number of esters is 1. The van der Waals surface area contributed by atoms with Gasteiger partial charge in [-0.2, -0.15) is 0 Å². The number of fused-ring (bicyclic) bond motifs is 1. The largest absolute Gasteiger partial charge is 0.466 e. The maximum atomic E-state index is 13.2. The first-order valence-corrected chi connectivity index (χ1v) is 11.3. The Morgan fingerprint density at radius 1 is 1.27 bits per heavy atom. The molecule has 7 heteroatoms. The molecule has 0 spiro atoms. The summed E-state index contributed by atoms with van der Waals surface area (Å²) in [6.07, 6.45) is 7.40. The Hall–Kier alpha value is -1.99. The number of ether oxygens (including phenoxy) is 2. The quantitative estimate of drug-likeness (QED) is 0.684. The first-order valence-electron chi connectivity index (χ1n) is 11.3. The fourth-order valence-electron chi connectivity index (χ4n) is 5.52. The van der Waals surface area contributed by atoms with Gasteiger partial charge in [-0.05, 0) is 50.2 Å². The Bertz CT molecular complexity index is 737. The van der Waals surface area contributed by atoms with Crippen LogP contribution < -0.4 is 0 Å². The predicted octanol–water partition coefficient (Wildman–Crippen LogP) is 1.91. The Morgan fingerprint density at radius 3 is 2.83 bits per heavy atom. The molecule has 3 heterocycles. The number of hydrogen-bond donors (Lipinski definition) is 0. The Balaban J connectivity index is 1.48. The van der Waals surface area contributed by atoms with Crippen molar-refractivity contribution in [3.63, 3.8) is 0 Å². The topological polar surface area (TPSA) is 72.0 Å². The third kappa shape index (κ3) is 4.37. The van der Waals surface area contributed by atoms with E-state index in [0.717, 1.165) is 57.6 Å². The van der Waals surface area contributed by atoms with E-state index in [4.69, 9.17) is 9.47 Å². The number of pyridine rings is 1. The second-order valence-corrected chi connectivity index (χ2v) is 8.79. The molecule has 0 N–H and O–H groups in total. The van der Waals surface area contributed by atoms with Crippen LogP contribution in [-0.2, 0) is 25.5 Å². The molecule has 4 rings (SSSR count). The van der Waals surface area contributed by atoms with Crippen LogP contribution in [0.15, 0.2) is 24.5 Å². The molecule has 3 atom stereocenters. The number of carbonyl (C=O) groups is 2.